The van der Waals surface area contributed by atoms with Crippen molar-refractivity contribution >= 4 is 11.5 Å². The van der Waals surface area contributed by atoms with E-state index in [0.29, 0.717) is 5.69 Å². The molecule has 0 saturated heterocycles. The first-order valence-electron chi connectivity index (χ1n) is 4.34. The molecule has 2 rings (SSSR count). The van der Waals surface area contributed by atoms with Gasteiger partial charge in [0.15, 0.2) is 0 Å². The van der Waals surface area contributed by atoms with Crippen LogP contribution >= 0.6 is 0 Å². The number of aromatic nitrogens is 1. The molecule has 4 heteroatoms. The van der Waals surface area contributed by atoms with E-state index in [9.17, 15) is 4.79 Å². The van der Waals surface area contributed by atoms with Gasteiger partial charge < -0.3 is 9.63 Å². The van der Waals surface area contributed by atoms with Crippen LogP contribution in [-0.4, -0.2) is 16.2 Å². The lowest BCUT2D eigenvalue weighted by atomic mass is 10.0. The van der Waals surface area contributed by atoms with E-state index in [0.717, 1.165) is 18.4 Å². The Balaban J connectivity index is 2.28. The van der Waals surface area contributed by atoms with E-state index in [2.05, 4.69) is 9.68 Å². The maximum atomic E-state index is 10.5. The molecular formula is C10H9NO3. The number of hydrogen-bond donors (Lipinski definition) is 1. The first-order chi connectivity index (χ1) is 6.77. The van der Waals surface area contributed by atoms with Gasteiger partial charge in [-0.2, -0.15) is 0 Å². The zero-order valence-corrected chi connectivity index (χ0v) is 7.43. The van der Waals surface area contributed by atoms with Crippen LogP contribution in [0.15, 0.2) is 28.8 Å². The van der Waals surface area contributed by atoms with Crippen LogP contribution in [0.5, 0.6) is 0 Å². The van der Waals surface area contributed by atoms with E-state index >= 15 is 0 Å². The van der Waals surface area contributed by atoms with Crippen molar-refractivity contribution in [3.8, 4) is 0 Å². The molecule has 0 radical (unpaired) electrons. The Labute approximate surface area is 80.5 Å². The molecule has 4 nitrogen and oxygen atoms in total. The van der Waals surface area contributed by atoms with Crippen LogP contribution in [0.3, 0.4) is 0 Å². The van der Waals surface area contributed by atoms with Gasteiger partial charge in [-0.1, -0.05) is 23.4 Å². The SMILES string of the molecule is O=C(O)c1cc(C2=CCCC=C2)no1. The minimum atomic E-state index is -1.09. The summed E-state index contributed by atoms with van der Waals surface area (Å²) in [6.07, 6.45) is 7.95. The van der Waals surface area contributed by atoms with Gasteiger partial charge in [0.25, 0.3) is 0 Å². The number of nitrogens with zero attached hydrogens (tertiary/aromatic N) is 1. The fraction of sp³-hybridized carbons (Fsp3) is 0.200. The highest BCUT2D eigenvalue weighted by atomic mass is 16.5. The number of carboxylic acids is 1. The molecule has 1 heterocycles. The minimum Gasteiger partial charge on any atom is -0.475 e. The Kier molecular flexibility index (Phi) is 2.18. The van der Waals surface area contributed by atoms with Crippen LogP contribution in [0.4, 0.5) is 0 Å². The molecule has 0 saturated carbocycles. The average Bonchev–Trinajstić information content (AvgIpc) is 2.68. The molecule has 1 aromatic rings. The van der Waals surface area contributed by atoms with Crippen molar-refractivity contribution in [2.45, 2.75) is 12.8 Å². The van der Waals surface area contributed by atoms with Crippen molar-refractivity contribution in [1.29, 1.82) is 0 Å². The van der Waals surface area contributed by atoms with E-state index in [1.54, 1.807) is 0 Å². The Bertz CT molecular complexity index is 415. The lowest BCUT2D eigenvalue weighted by Gasteiger charge is -2.01. The predicted molar refractivity (Wildman–Crippen MR) is 49.8 cm³/mol. The van der Waals surface area contributed by atoms with Gasteiger partial charge in [0.2, 0.25) is 5.76 Å². The molecule has 0 atom stereocenters. The zero-order valence-electron chi connectivity index (χ0n) is 7.43. The standard InChI is InChI=1S/C10H9NO3/c12-10(13)9-6-8(11-14-9)7-4-2-1-3-5-7/h2,4-6H,1,3H2,(H,12,13). The fourth-order valence-electron chi connectivity index (χ4n) is 1.32. The summed E-state index contributed by atoms with van der Waals surface area (Å²) in [6, 6.07) is 1.43. The van der Waals surface area contributed by atoms with E-state index < -0.39 is 5.97 Å². The maximum absolute atomic E-state index is 10.5. The normalized spacial score (nSPS) is 15.3. The number of carbonyl (C=O) groups is 1. The van der Waals surface area contributed by atoms with Crippen LogP contribution in [-0.2, 0) is 0 Å². The van der Waals surface area contributed by atoms with Crippen LogP contribution in [0, 0.1) is 0 Å². The largest absolute Gasteiger partial charge is 0.475 e. The highest BCUT2D eigenvalue weighted by Crippen LogP contribution is 2.20. The lowest BCUT2D eigenvalue weighted by Crippen LogP contribution is -1.92. The molecule has 0 bridgehead atoms. The predicted octanol–water partition coefficient (Wildman–Crippen LogP) is 2.11. The highest BCUT2D eigenvalue weighted by Gasteiger charge is 2.13. The molecule has 0 spiro atoms. The quantitative estimate of drug-likeness (QED) is 0.777. The summed E-state index contributed by atoms with van der Waals surface area (Å²) in [5.41, 5.74) is 1.51. The summed E-state index contributed by atoms with van der Waals surface area (Å²) < 4.78 is 4.66. The lowest BCUT2D eigenvalue weighted by molar-refractivity contribution is 0.0652. The van der Waals surface area contributed by atoms with Crippen LogP contribution in [0.2, 0.25) is 0 Å². The van der Waals surface area contributed by atoms with Crippen molar-refractivity contribution in [3.63, 3.8) is 0 Å². The van der Waals surface area contributed by atoms with Gasteiger partial charge >= 0.3 is 5.97 Å². The van der Waals surface area contributed by atoms with Gasteiger partial charge in [-0.15, -0.1) is 0 Å². The van der Waals surface area contributed by atoms with Crippen molar-refractivity contribution in [1.82, 2.24) is 5.16 Å². The highest BCUT2D eigenvalue weighted by molar-refractivity contribution is 5.86. The third-order valence-corrected chi connectivity index (χ3v) is 2.01. The number of carboxylic acid groups (broad SMARTS) is 1. The molecule has 1 aliphatic carbocycles. The maximum Gasteiger partial charge on any atom is 0.374 e. The molecule has 1 aliphatic rings. The summed E-state index contributed by atoms with van der Waals surface area (Å²) in [7, 11) is 0. The number of allylic oxidation sites excluding steroid dienone is 4. The van der Waals surface area contributed by atoms with Crippen LogP contribution in [0.1, 0.15) is 29.1 Å². The summed E-state index contributed by atoms with van der Waals surface area (Å²) in [4.78, 5) is 10.5. The molecule has 14 heavy (non-hydrogen) atoms. The second-order valence-corrected chi connectivity index (χ2v) is 3.02. The topological polar surface area (TPSA) is 63.3 Å². The number of rotatable bonds is 2. The summed E-state index contributed by atoms with van der Waals surface area (Å²) in [5, 5.41) is 12.3. The van der Waals surface area contributed by atoms with E-state index in [4.69, 9.17) is 5.11 Å². The fourth-order valence-corrected chi connectivity index (χ4v) is 1.32. The van der Waals surface area contributed by atoms with Gasteiger partial charge in [-0.3, -0.25) is 0 Å². The van der Waals surface area contributed by atoms with Crippen LogP contribution in [0.25, 0.3) is 5.57 Å². The van der Waals surface area contributed by atoms with E-state index in [1.807, 2.05) is 18.2 Å². The van der Waals surface area contributed by atoms with Crippen molar-refractivity contribution < 1.29 is 14.4 Å². The minimum absolute atomic E-state index is 0.125. The van der Waals surface area contributed by atoms with E-state index in [-0.39, 0.29) is 5.76 Å². The number of aromatic carboxylic acids is 1. The molecular weight excluding hydrogens is 182 g/mol. The van der Waals surface area contributed by atoms with Gasteiger partial charge in [-0.05, 0) is 18.4 Å². The smallest absolute Gasteiger partial charge is 0.374 e. The molecule has 0 fully saturated rings. The molecule has 0 amide bonds. The first-order valence-corrected chi connectivity index (χ1v) is 4.34. The molecule has 1 N–H and O–H groups in total. The second-order valence-electron chi connectivity index (χ2n) is 3.02. The zero-order chi connectivity index (χ0) is 9.97. The summed E-state index contributed by atoms with van der Waals surface area (Å²) >= 11 is 0. The first kappa shape index (κ1) is 8.74. The second kappa shape index (κ2) is 3.49. The summed E-state index contributed by atoms with van der Waals surface area (Å²) in [6.45, 7) is 0. The molecule has 1 aromatic heterocycles. The Morgan fingerprint density at radius 3 is 2.93 bits per heavy atom. The molecule has 0 aliphatic heterocycles. The molecule has 0 aromatic carbocycles. The monoisotopic (exact) mass is 191 g/mol. The Hall–Kier alpha value is -1.84. The Morgan fingerprint density at radius 2 is 2.36 bits per heavy atom. The van der Waals surface area contributed by atoms with Gasteiger partial charge in [0.1, 0.15) is 5.69 Å². The van der Waals surface area contributed by atoms with Crippen molar-refractivity contribution in [2.24, 2.45) is 0 Å². The van der Waals surface area contributed by atoms with Gasteiger partial charge in [-0.25, -0.2) is 4.79 Å². The number of hydrogen-bond acceptors (Lipinski definition) is 3. The Morgan fingerprint density at radius 1 is 1.50 bits per heavy atom. The average molecular weight is 191 g/mol. The van der Waals surface area contributed by atoms with Crippen LogP contribution < -0.4 is 0 Å². The van der Waals surface area contributed by atoms with Gasteiger partial charge in [0, 0.05) is 6.07 Å². The third kappa shape index (κ3) is 1.59. The third-order valence-electron chi connectivity index (χ3n) is 2.01. The van der Waals surface area contributed by atoms with Crippen molar-refractivity contribution in [3.05, 3.63) is 35.7 Å². The van der Waals surface area contributed by atoms with Gasteiger partial charge in [0.05, 0.1) is 0 Å². The molecule has 72 valence electrons. The van der Waals surface area contributed by atoms with Crippen molar-refractivity contribution in [2.75, 3.05) is 0 Å². The molecule has 0 unspecified atom stereocenters. The van der Waals surface area contributed by atoms with E-state index in [1.165, 1.54) is 6.07 Å². The summed E-state index contributed by atoms with van der Waals surface area (Å²) in [5.74, 6) is -1.22.